The number of nitrogens with one attached hydrogen (secondary N) is 2. The van der Waals surface area contributed by atoms with E-state index in [1.807, 2.05) is 0 Å². The number of carbonyl (C=O) groups is 1. The summed E-state index contributed by atoms with van der Waals surface area (Å²) < 4.78 is 0. The number of nitrogens with zero attached hydrogens (tertiary/aromatic N) is 5. The predicted octanol–water partition coefficient (Wildman–Crippen LogP) is -0.985. The Hall–Kier alpha value is -3.11. The molecule has 0 bridgehead atoms. The molecule has 2 heterocycles. The molecule has 0 aliphatic heterocycles. The molecule has 0 aliphatic rings. The first-order valence-electron chi connectivity index (χ1n) is 4.98. The van der Waals surface area contributed by atoms with Crippen molar-refractivity contribution in [1.82, 2.24) is 30.9 Å². The van der Waals surface area contributed by atoms with Crippen LogP contribution in [0.4, 0.5) is 11.5 Å². The van der Waals surface area contributed by atoms with Crippen molar-refractivity contribution in [2.75, 3.05) is 5.73 Å². The highest BCUT2D eigenvalue weighted by Gasteiger charge is 2.16. The lowest BCUT2D eigenvalue weighted by atomic mass is 10.2. The van der Waals surface area contributed by atoms with Crippen LogP contribution in [0.2, 0.25) is 0 Å². The van der Waals surface area contributed by atoms with Crippen LogP contribution in [0, 0.1) is 10.1 Å². The van der Waals surface area contributed by atoms with Gasteiger partial charge in [-0.3, -0.25) is 14.9 Å². The summed E-state index contributed by atoms with van der Waals surface area (Å²) in [6, 6.07) is 1.05. The number of nitro groups is 1. The number of hydrogen-bond donors (Lipinski definition) is 3. The quantitative estimate of drug-likeness (QED) is 0.467. The Kier molecular flexibility index (Phi) is 3.27. The van der Waals surface area contributed by atoms with Crippen LogP contribution in [0.1, 0.15) is 16.2 Å². The normalized spacial score (nSPS) is 10.1. The van der Waals surface area contributed by atoms with Gasteiger partial charge < -0.3 is 11.1 Å². The van der Waals surface area contributed by atoms with E-state index in [1.54, 1.807) is 0 Å². The molecule has 2 aromatic rings. The van der Waals surface area contributed by atoms with Crippen LogP contribution in [0.5, 0.6) is 0 Å². The topological polar surface area (TPSA) is 166 Å². The molecular formula is C8H8N8O3. The van der Waals surface area contributed by atoms with Gasteiger partial charge in [0.15, 0.2) is 5.82 Å². The molecule has 0 atom stereocenters. The fourth-order valence-corrected chi connectivity index (χ4v) is 1.26. The van der Waals surface area contributed by atoms with E-state index in [0.717, 1.165) is 12.3 Å². The summed E-state index contributed by atoms with van der Waals surface area (Å²) in [5.74, 6) is -0.444. The summed E-state index contributed by atoms with van der Waals surface area (Å²) in [5.41, 5.74) is 5.09. The highest BCUT2D eigenvalue weighted by Crippen LogP contribution is 2.16. The van der Waals surface area contributed by atoms with Gasteiger partial charge in [0.05, 0.1) is 17.0 Å². The van der Waals surface area contributed by atoms with E-state index in [4.69, 9.17) is 5.73 Å². The Bertz CT molecular complexity index is 610. The molecule has 11 nitrogen and oxygen atoms in total. The van der Waals surface area contributed by atoms with Gasteiger partial charge in [0.2, 0.25) is 0 Å². The number of hydrogen-bond acceptors (Lipinski definition) is 8. The van der Waals surface area contributed by atoms with E-state index in [2.05, 4.69) is 30.9 Å². The van der Waals surface area contributed by atoms with Crippen molar-refractivity contribution >= 4 is 17.4 Å². The lowest BCUT2D eigenvalue weighted by Crippen LogP contribution is -2.25. The molecule has 0 aliphatic carbocycles. The number of rotatable bonds is 4. The molecule has 0 radical (unpaired) electrons. The van der Waals surface area contributed by atoms with E-state index in [1.165, 1.54) is 0 Å². The molecule has 0 aromatic carbocycles. The lowest BCUT2D eigenvalue weighted by molar-refractivity contribution is -0.385. The number of anilines is 1. The van der Waals surface area contributed by atoms with Crippen molar-refractivity contribution in [2.24, 2.45) is 0 Å². The Morgan fingerprint density at radius 2 is 2.37 bits per heavy atom. The number of H-pyrrole nitrogens is 1. The van der Waals surface area contributed by atoms with Crippen LogP contribution >= 0.6 is 0 Å². The molecule has 4 N–H and O–H groups in total. The number of amides is 1. The van der Waals surface area contributed by atoms with Crippen molar-refractivity contribution in [3.63, 3.8) is 0 Å². The van der Waals surface area contributed by atoms with Crippen LogP contribution in [0.3, 0.4) is 0 Å². The van der Waals surface area contributed by atoms with Crippen LogP contribution in [0.15, 0.2) is 12.3 Å². The largest absolute Gasteiger partial charge is 0.383 e. The first kappa shape index (κ1) is 12.3. The Labute approximate surface area is 105 Å². The summed E-state index contributed by atoms with van der Waals surface area (Å²) >= 11 is 0. The molecule has 0 saturated carbocycles. The third-order valence-corrected chi connectivity index (χ3v) is 2.16. The van der Waals surface area contributed by atoms with Crippen molar-refractivity contribution in [2.45, 2.75) is 6.54 Å². The maximum absolute atomic E-state index is 11.8. The van der Waals surface area contributed by atoms with Crippen LogP contribution in [0.25, 0.3) is 0 Å². The van der Waals surface area contributed by atoms with Crippen LogP contribution < -0.4 is 11.1 Å². The van der Waals surface area contributed by atoms with Crippen LogP contribution in [-0.2, 0) is 6.54 Å². The fraction of sp³-hybridized carbons (Fsp3) is 0.125. The van der Waals surface area contributed by atoms with Crippen molar-refractivity contribution in [3.8, 4) is 0 Å². The summed E-state index contributed by atoms with van der Waals surface area (Å²) in [4.78, 5) is 25.3. The number of tetrazole rings is 1. The van der Waals surface area contributed by atoms with E-state index in [0.29, 0.717) is 0 Å². The first-order valence-corrected chi connectivity index (χ1v) is 4.98. The fourth-order valence-electron chi connectivity index (χ4n) is 1.26. The SMILES string of the molecule is Nc1ncc([N+](=O)[O-])cc1C(=O)NCc1nn[nH]n1. The zero-order valence-corrected chi connectivity index (χ0v) is 9.40. The number of aromatic amines is 1. The predicted molar refractivity (Wildman–Crippen MR) is 60.7 cm³/mol. The van der Waals surface area contributed by atoms with Gasteiger partial charge in [0, 0.05) is 6.07 Å². The number of pyridine rings is 1. The van der Waals surface area contributed by atoms with E-state index in [-0.39, 0.29) is 29.4 Å². The smallest absolute Gasteiger partial charge is 0.288 e. The molecule has 0 spiro atoms. The third kappa shape index (κ3) is 2.77. The molecule has 2 aromatic heterocycles. The zero-order valence-electron chi connectivity index (χ0n) is 9.40. The minimum Gasteiger partial charge on any atom is -0.383 e. The van der Waals surface area contributed by atoms with Gasteiger partial charge in [-0.1, -0.05) is 5.21 Å². The molecule has 1 amide bonds. The number of nitrogen functional groups attached to an aromatic ring is 1. The Morgan fingerprint density at radius 1 is 1.58 bits per heavy atom. The second-order valence-electron chi connectivity index (χ2n) is 3.39. The van der Waals surface area contributed by atoms with Gasteiger partial charge in [0.1, 0.15) is 12.0 Å². The van der Waals surface area contributed by atoms with Gasteiger partial charge >= 0.3 is 0 Å². The van der Waals surface area contributed by atoms with Crippen molar-refractivity contribution in [3.05, 3.63) is 33.8 Å². The average Bonchev–Trinajstić information content (AvgIpc) is 2.89. The molecule has 19 heavy (non-hydrogen) atoms. The van der Waals surface area contributed by atoms with Crippen LogP contribution in [-0.4, -0.2) is 36.4 Å². The third-order valence-electron chi connectivity index (χ3n) is 2.16. The average molecular weight is 264 g/mol. The van der Waals surface area contributed by atoms with Gasteiger partial charge in [-0.15, -0.1) is 10.2 Å². The van der Waals surface area contributed by atoms with E-state index >= 15 is 0 Å². The highest BCUT2D eigenvalue weighted by molar-refractivity contribution is 5.98. The lowest BCUT2D eigenvalue weighted by Gasteiger charge is -2.04. The first-order chi connectivity index (χ1) is 9.08. The zero-order chi connectivity index (χ0) is 13.8. The molecule has 0 saturated heterocycles. The molecular weight excluding hydrogens is 256 g/mol. The second-order valence-corrected chi connectivity index (χ2v) is 3.39. The van der Waals surface area contributed by atoms with Gasteiger partial charge in [0.25, 0.3) is 11.6 Å². The second kappa shape index (κ2) is 5.03. The van der Waals surface area contributed by atoms with Crippen molar-refractivity contribution < 1.29 is 9.72 Å². The minimum atomic E-state index is -0.664. The molecule has 11 heteroatoms. The van der Waals surface area contributed by atoms with Gasteiger partial charge in [-0.05, 0) is 0 Å². The highest BCUT2D eigenvalue weighted by atomic mass is 16.6. The van der Waals surface area contributed by atoms with Gasteiger partial charge in [-0.2, -0.15) is 5.21 Å². The molecule has 98 valence electrons. The number of aromatic nitrogens is 5. The number of carbonyl (C=O) groups excluding carboxylic acids is 1. The molecule has 0 fully saturated rings. The van der Waals surface area contributed by atoms with E-state index in [9.17, 15) is 14.9 Å². The summed E-state index contributed by atoms with van der Waals surface area (Å²) in [6.45, 7) is 0.0114. The number of nitrogens with two attached hydrogens (primary N) is 1. The molecule has 2 rings (SSSR count). The molecule has 0 unspecified atom stereocenters. The summed E-state index contributed by atoms with van der Waals surface area (Å²) in [5, 5.41) is 25.8. The Balaban J connectivity index is 2.14. The maximum Gasteiger partial charge on any atom is 0.288 e. The standard InChI is InChI=1S/C8H8N8O3/c9-7-5(1-4(2-10-7)16(18)19)8(17)11-3-6-12-14-15-13-6/h1-2H,3H2,(H2,9,10)(H,11,17)(H,12,13,14,15). The van der Waals surface area contributed by atoms with E-state index < -0.39 is 10.8 Å². The maximum atomic E-state index is 11.8. The summed E-state index contributed by atoms with van der Waals surface area (Å²) in [6.07, 6.45) is 0.977. The van der Waals surface area contributed by atoms with Gasteiger partial charge in [-0.25, -0.2) is 4.98 Å². The Morgan fingerprint density at radius 3 is 3.00 bits per heavy atom. The monoisotopic (exact) mass is 264 g/mol. The summed E-state index contributed by atoms with van der Waals surface area (Å²) in [7, 11) is 0. The van der Waals surface area contributed by atoms with Crippen molar-refractivity contribution in [1.29, 1.82) is 0 Å². The minimum absolute atomic E-state index is 0.0114.